The molecular weight excluding hydrogens is 216 g/mol. The lowest BCUT2D eigenvalue weighted by Gasteiger charge is -2.34. The van der Waals surface area contributed by atoms with Gasteiger partial charge in [-0.1, -0.05) is 0 Å². The van der Waals surface area contributed by atoms with Crippen LogP contribution in [0.15, 0.2) is 18.3 Å². The summed E-state index contributed by atoms with van der Waals surface area (Å²) in [5, 5.41) is 2.84. The van der Waals surface area contributed by atoms with Crippen molar-refractivity contribution in [2.75, 3.05) is 18.0 Å². The van der Waals surface area contributed by atoms with Gasteiger partial charge in [-0.2, -0.15) is 0 Å². The lowest BCUT2D eigenvalue weighted by molar-refractivity contribution is -0.122. The van der Waals surface area contributed by atoms with Gasteiger partial charge in [-0.05, 0) is 26.0 Å². The molecule has 0 spiro atoms. The molecule has 5 heteroatoms. The normalized spacial score (nSPS) is 22.2. The summed E-state index contributed by atoms with van der Waals surface area (Å²) in [4.78, 5) is 17.9. The molecule has 92 valence electrons. The monoisotopic (exact) mass is 234 g/mol. The Labute approximate surface area is 101 Å². The maximum atomic E-state index is 11.6. The minimum atomic E-state index is -0.147. The first-order valence-corrected chi connectivity index (χ1v) is 5.85. The highest BCUT2D eigenvalue weighted by Gasteiger charge is 2.25. The summed E-state index contributed by atoms with van der Waals surface area (Å²) in [6.45, 7) is 5.29. The van der Waals surface area contributed by atoms with E-state index in [1.54, 1.807) is 6.20 Å². The molecule has 17 heavy (non-hydrogen) atoms. The van der Waals surface area contributed by atoms with E-state index in [1.165, 1.54) is 0 Å². The Morgan fingerprint density at radius 2 is 2.35 bits per heavy atom. The molecule has 5 nitrogen and oxygen atoms in total. The highest BCUT2D eigenvalue weighted by molar-refractivity contribution is 5.86. The lowest BCUT2D eigenvalue weighted by Crippen LogP contribution is -2.54. The van der Waals surface area contributed by atoms with E-state index in [0.29, 0.717) is 6.54 Å². The van der Waals surface area contributed by atoms with E-state index in [2.05, 4.69) is 15.2 Å². The van der Waals surface area contributed by atoms with Crippen LogP contribution in [0.5, 0.6) is 0 Å². The molecule has 1 aromatic heterocycles. The number of pyridine rings is 1. The molecule has 2 rings (SSSR count). The molecule has 1 aromatic rings. The molecule has 1 fully saturated rings. The van der Waals surface area contributed by atoms with Gasteiger partial charge in [-0.3, -0.25) is 9.78 Å². The Kier molecular flexibility index (Phi) is 3.28. The zero-order valence-corrected chi connectivity index (χ0v) is 10.2. The minimum absolute atomic E-state index is 0.0625. The second kappa shape index (κ2) is 4.71. The number of hydrogen-bond donors (Lipinski definition) is 2. The maximum Gasteiger partial charge on any atom is 0.242 e. The standard InChI is InChI=1S/C12H18N4O/c1-8(13)11-4-3-10(7-15-11)16-6-5-14-12(17)9(16)2/h3-4,7-9H,5-6,13H2,1-2H3,(H,14,17). The summed E-state index contributed by atoms with van der Waals surface area (Å²) in [7, 11) is 0. The van der Waals surface area contributed by atoms with Gasteiger partial charge in [0.25, 0.3) is 0 Å². The van der Waals surface area contributed by atoms with Crippen molar-refractivity contribution in [1.82, 2.24) is 10.3 Å². The van der Waals surface area contributed by atoms with Crippen molar-refractivity contribution < 1.29 is 4.79 Å². The van der Waals surface area contributed by atoms with Crippen molar-refractivity contribution in [3.63, 3.8) is 0 Å². The zero-order chi connectivity index (χ0) is 12.4. The fourth-order valence-electron chi connectivity index (χ4n) is 1.97. The second-order valence-electron chi connectivity index (χ2n) is 4.39. The first kappa shape index (κ1) is 11.9. The molecule has 2 heterocycles. The molecule has 0 aromatic carbocycles. The van der Waals surface area contributed by atoms with Crippen LogP contribution in [0.2, 0.25) is 0 Å². The van der Waals surface area contributed by atoms with E-state index in [1.807, 2.05) is 26.0 Å². The third-order valence-electron chi connectivity index (χ3n) is 3.07. The quantitative estimate of drug-likeness (QED) is 0.778. The number of piperazine rings is 1. The molecule has 1 aliphatic rings. The number of amides is 1. The van der Waals surface area contributed by atoms with Crippen LogP contribution in [-0.4, -0.2) is 30.0 Å². The van der Waals surface area contributed by atoms with Crippen molar-refractivity contribution in [3.8, 4) is 0 Å². The number of aromatic nitrogens is 1. The molecule has 0 saturated carbocycles. The summed E-state index contributed by atoms with van der Waals surface area (Å²) in [6, 6.07) is 3.68. The van der Waals surface area contributed by atoms with Crippen LogP contribution >= 0.6 is 0 Å². The molecule has 1 saturated heterocycles. The van der Waals surface area contributed by atoms with E-state index in [-0.39, 0.29) is 18.0 Å². The van der Waals surface area contributed by atoms with Gasteiger partial charge in [0.15, 0.2) is 0 Å². The molecule has 1 aliphatic heterocycles. The Morgan fingerprint density at radius 3 is 2.94 bits per heavy atom. The van der Waals surface area contributed by atoms with Gasteiger partial charge in [-0.15, -0.1) is 0 Å². The Balaban J connectivity index is 2.19. The van der Waals surface area contributed by atoms with E-state index in [9.17, 15) is 4.79 Å². The van der Waals surface area contributed by atoms with Crippen molar-refractivity contribution in [3.05, 3.63) is 24.0 Å². The van der Waals surface area contributed by atoms with Gasteiger partial charge in [-0.25, -0.2) is 0 Å². The molecule has 0 aliphatic carbocycles. The summed E-state index contributed by atoms with van der Waals surface area (Å²) < 4.78 is 0. The minimum Gasteiger partial charge on any atom is -0.357 e. The number of rotatable bonds is 2. The summed E-state index contributed by atoms with van der Waals surface area (Å²) in [6.07, 6.45) is 1.79. The number of hydrogen-bond acceptors (Lipinski definition) is 4. The molecule has 0 bridgehead atoms. The molecular formula is C12H18N4O. The number of anilines is 1. The average Bonchev–Trinajstić information content (AvgIpc) is 2.33. The summed E-state index contributed by atoms with van der Waals surface area (Å²) >= 11 is 0. The second-order valence-corrected chi connectivity index (χ2v) is 4.39. The molecule has 1 amide bonds. The SMILES string of the molecule is CC(N)c1ccc(N2CCNC(=O)C2C)cn1. The smallest absolute Gasteiger partial charge is 0.242 e. The van der Waals surface area contributed by atoms with Crippen LogP contribution in [0.4, 0.5) is 5.69 Å². The number of nitrogens with two attached hydrogens (primary N) is 1. The third-order valence-corrected chi connectivity index (χ3v) is 3.07. The van der Waals surface area contributed by atoms with Crippen LogP contribution < -0.4 is 16.0 Å². The van der Waals surface area contributed by atoms with Crippen molar-refractivity contribution in [1.29, 1.82) is 0 Å². The van der Waals surface area contributed by atoms with Gasteiger partial charge in [0, 0.05) is 19.1 Å². The lowest BCUT2D eigenvalue weighted by atomic mass is 10.1. The topological polar surface area (TPSA) is 71.2 Å². The van der Waals surface area contributed by atoms with Gasteiger partial charge < -0.3 is 16.0 Å². The number of carbonyl (C=O) groups excluding carboxylic acids is 1. The Hall–Kier alpha value is -1.62. The number of carbonyl (C=O) groups is 1. The van der Waals surface area contributed by atoms with Crippen molar-refractivity contribution >= 4 is 11.6 Å². The van der Waals surface area contributed by atoms with Crippen LogP contribution in [-0.2, 0) is 4.79 Å². The van der Waals surface area contributed by atoms with Crippen LogP contribution in [0.1, 0.15) is 25.6 Å². The van der Waals surface area contributed by atoms with Crippen LogP contribution in [0, 0.1) is 0 Å². The van der Waals surface area contributed by atoms with E-state index in [0.717, 1.165) is 17.9 Å². The van der Waals surface area contributed by atoms with Crippen LogP contribution in [0.25, 0.3) is 0 Å². The molecule has 2 atom stereocenters. The van der Waals surface area contributed by atoms with Gasteiger partial charge >= 0.3 is 0 Å². The average molecular weight is 234 g/mol. The Morgan fingerprint density at radius 1 is 1.59 bits per heavy atom. The Bertz CT molecular complexity index is 401. The van der Waals surface area contributed by atoms with E-state index in [4.69, 9.17) is 5.73 Å². The first-order valence-electron chi connectivity index (χ1n) is 5.85. The number of nitrogens with one attached hydrogen (secondary N) is 1. The van der Waals surface area contributed by atoms with Crippen molar-refractivity contribution in [2.45, 2.75) is 25.9 Å². The fraction of sp³-hybridized carbons (Fsp3) is 0.500. The highest BCUT2D eigenvalue weighted by Crippen LogP contribution is 2.19. The zero-order valence-electron chi connectivity index (χ0n) is 10.2. The molecule has 2 unspecified atom stereocenters. The molecule has 3 N–H and O–H groups in total. The largest absolute Gasteiger partial charge is 0.357 e. The predicted molar refractivity (Wildman–Crippen MR) is 66.7 cm³/mol. The first-order chi connectivity index (χ1) is 8.09. The van der Waals surface area contributed by atoms with Crippen LogP contribution in [0.3, 0.4) is 0 Å². The fourth-order valence-corrected chi connectivity index (χ4v) is 1.97. The van der Waals surface area contributed by atoms with E-state index < -0.39 is 0 Å². The predicted octanol–water partition coefficient (Wildman–Crippen LogP) is 0.426. The summed E-state index contributed by atoms with van der Waals surface area (Å²) in [5.74, 6) is 0.0625. The maximum absolute atomic E-state index is 11.6. The van der Waals surface area contributed by atoms with Gasteiger partial charge in [0.1, 0.15) is 6.04 Å². The highest BCUT2D eigenvalue weighted by atomic mass is 16.2. The van der Waals surface area contributed by atoms with Gasteiger partial charge in [0.05, 0.1) is 17.6 Å². The number of nitrogens with zero attached hydrogens (tertiary/aromatic N) is 2. The summed E-state index contributed by atoms with van der Waals surface area (Å²) in [5.41, 5.74) is 7.58. The van der Waals surface area contributed by atoms with Gasteiger partial charge in [0.2, 0.25) is 5.91 Å². The third kappa shape index (κ3) is 2.39. The molecule has 0 radical (unpaired) electrons. The van der Waals surface area contributed by atoms with E-state index >= 15 is 0 Å². The van der Waals surface area contributed by atoms with Crippen molar-refractivity contribution in [2.24, 2.45) is 5.73 Å².